The molecule has 3 aromatic carbocycles. The summed E-state index contributed by atoms with van der Waals surface area (Å²) in [6.07, 6.45) is -4.69. The van der Waals surface area contributed by atoms with Crippen molar-refractivity contribution < 1.29 is 13.2 Å². The number of pyridine rings is 1. The van der Waals surface area contributed by atoms with Gasteiger partial charge in [-0.3, -0.25) is 14.2 Å². The number of halogens is 3. The fourth-order valence-corrected chi connectivity index (χ4v) is 4.40. The Bertz CT molecular complexity index is 2000. The maximum Gasteiger partial charge on any atom is 0.416 e. The Kier molecular flexibility index (Phi) is 6.71. The molecule has 0 spiro atoms. The number of alkyl halides is 3. The fourth-order valence-electron chi connectivity index (χ4n) is 4.40. The number of rotatable bonds is 4. The predicted octanol–water partition coefficient (Wildman–Crippen LogP) is 5.06. The lowest BCUT2D eigenvalue weighted by Crippen LogP contribution is -2.26. The highest BCUT2D eigenvalue weighted by Gasteiger charge is 2.31. The monoisotopic (exact) mass is 550 g/mol. The van der Waals surface area contributed by atoms with E-state index < -0.39 is 34.2 Å². The fraction of sp³-hybridized carbons (Fsp3) is 0.0333. The minimum Gasteiger partial charge on any atom is -0.384 e. The molecule has 2 heterocycles. The number of benzene rings is 3. The molecule has 5 rings (SSSR count). The average molecular weight is 551 g/mol. The van der Waals surface area contributed by atoms with Crippen molar-refractivity contribution in [1.29, 1.82) is 10.5 Å². The molecule has 0 unspecified atom stereocenters. The molecule has 0 amide bonds. The minimum absolute atomic E-state index is 0.0781. The Hall–Kier alpha value is -5.94. The normalized spacial score (nSPS) is 11.0. The first-order valence-electron chi connectivity index (χ1n) is 12.0. The number of anilines is 1. The van der Waals surface area contributed by atoms with E-state index in [4.69, 9.17) is 5.73 Å². The molecule has 11 heteroatoms. The van der Waals surface area contributed by atoms with Gasteiger partial charge < -0.3 is 5.73 Å². The summed E-state index contributed by atoms with van der Waals surface area (Å²) in [6.45, 7) is 0. The van der Waals surface area contributed by atoms with Gasteiger partial charge in [0.1, 0.15) is 29.1 Å². The van der Waals surface area contributed by atoms with Crippen LogP contribution in [-0.2, 0) is 6.18 Å². The van der Waals surface area contributed by atoms with Gasteiger partial charge in [-0.15, -0.1) is 0 Å². The lowest BCUT2D eigenvalue weighted by molar-refractivity contribution is -0.137. The van der Waals surface area contributed by atoms with Gasteiger partial charge in [0.25, 0.3) is 11.1 Å². The topological polar surface area (TPSA) is 130 Å². The van der Waals surface area contributed by atoms with Gasteiger partial charge in [0.15, 0.2) is 0 Å². The molecule has 0 fully saturated rings. The van der Waals surface area contributed by atoms with Crippen LogP contribution >= 0.6 is 0 Å². The zero-order valence-corrected chi connectivity index (χ0v) is 20.9. The molecule has 0 atom stereocenters. The maximum atomic E-state index is 13.4. The van der Waals surface area contributed by atoms with E-state index in [9.17, 15) is 33.3 Å². The van der Waals surface area contributed by atoms with Crippen molar-refractivity contribution in [2.45, 2.75) is 6.18 Å². The van der Waals surface area contributed by atoms with Crippen molar-refractivity contribution in [1.82, 2.24) is 14.3 Å². The summed E-state index contributed by atoms with van der Waals surface area (Å²) in [5.41, 5.74) is 4.64. The van der Waals surface area contributed by atoms with Crippen molar-refractivity contribution in [3.05, 3.63) is 128 Å². The van der Waals surface area contributed by atoms with E-state index in [0.717, 1.165) is 17.7 Å². The number of nitrogens with zero attached hydrogens (tertiary/aromatic N) is 5. The van der Waals surface area contributed by atoms with Crippen LogP contribution in [0.3, 0.4) is 0 Å². The van der Waals surface area contributed by atoms with Gasteiger partial charge in [-0.05, 0) is 42.0 Å². The van der Waals surface area contributed by atoms with Gasteiger partial charge in [-0.2, -0.15) is 33.5 Å². The highest BCUT2D eigenvalue weighted by atomic mass is 19.4. The summed E-state index contributed by atoms with van der Waals surface area (Å²) in [4.78, 5) is 26.0. The highest BCUT2D eigenvalue weighted by molar-refractivity contribution is 5.81. The first kappa shape index (κ1) is 26.7. The molecular weight excluding hydrogens is 533 g/mol. The molecule has 41 heavy (non-hydrogen) atoms. The van der Waals surface area contributed by atoms with Crippen molar-refractivity contribution in [2.24, 2.45) is 0 Å². The third-order valence-corrected chi connectivity index (χ3v) is 6.34. The highest BCUT2D eigenvalue weighted by Crippen LogP contribution is 2.33. The van der Waals surface area contributed by atoms with Gasteiger partial charge in [0.05, 0.1) is 22.6 Å². The van der Waals surface area contributed by atoms with Gasteiger partial charge >= 0.3 is 6.18 Å². The van der Waals surface area contributed by atoms with Gasteiger partial charge in [0.2, 0.25) is 0 Å². The average Bonchev–Trinajstić information content (AvgIpc) is 2.97. The van der Waals surface area contributed by atoms with Crippen LogP contribution in [0.2, 0.25) is 0 Å². The van der Waals surface area contributed by atoms with E-state index in [1.807, 2.05) is 36.4 Å². The maximum absolute atomic E-state index is 13.4. The van der Waals surface area contributed by atoms with Crippen LogP contribution in [0.5, 0.6) is 0 Å². The molecule has 0 radical (unpaired) electrons. The van der Waals surface area contributed by atoms with E-state index >= 15 is 0 Å². The summed E-state index contributed by atoms with van der Waals surface area (Å²) in [7, 11) is 0. The van der Waals surface area contributed by atoms with E-state index in [0.29, 0.717) is 22.0 Å². The van der Waals surface area contributed by atoms with Crippen LogP contribution in [0.4, 0.5) is 19.0 Å². The summed E-state index contributed by atoms with van der Waals surface area (Å²) >= 11 is 0. The summed E-state index contributed by atoms with van der Waals surface area (Å²) in [5.74, 6) is -0.427. The Morgan fingerprint density at radius 1 is 0.756 bits per heavy atom. The largest absolute Gasteiger partial charge is 0.416 e. The van der Waals surface area contributed by atoms with Crippen LogP contribution in [0.1, 0.15) is 16.7 Å². The van der Waals surface area contributed by atoms with Gasteiger partial charge in [0, 0.05) is 17.2 Å². The Morgan fingerprint density at radius 2 is 1.44 bits per heavy atom. The van der Waals surface area contributed by atoms with Crippen molar-refractivity contribution in [2.75, 3.05) is 5.73 Å². The van der Waals surface area contributed by atoms with Crippen LogP contribution in [0, 0.1) is 22.7 Å². The summed E-state index contributed by atoms with van der Waals surface area (Å²) < 4.78 is 41.8. The molecule has 8 nitrogen and oxygen atoms in total. The van der Waals surface area contributed by atoms with Crippen molar-refractivity contribution >= 4 is 5.82 Å². The molecule has 0 aliphatic heterocycles. The third kappa shape index (κ3) is 4.84. The number of nitrogens with two attached hydrogens (primary N) is 1. The molecule has 5 aromatic rings. The second-order valence-electron chi connectivity index (χ2n) is 8.80. The Morgan fingerprint density at radius 3 is 2.07 bits per heavy atom. The molecular formula is C30H17F3N6O2. The van der Waals surface area contributed by atoms with Gasteiger partial charge in [-0.25, -0.2) is 0 Å². The smallest absolute Gasteiger partial charge is 0.384 e. The third-order valence-electron chi connectivity index (χ3n) is 6.34. The number of nitriles is 2. The molecule has 0 bridgehead atoms. The Labute approximate surface area is 230 Å². The van der Waals surface area contributed by atoms with Crippen LogP contribution in [-0.4, -0.2) is 14.3 Å². The Balaban J connectivity index is 1.64. The first-order chi connectivity index (χ1) is 19.6. The summed E-state index contributed by atoms with van der Waals surface area (Å²) in [5, 5.41) is 24.3. The molecule has 0 saturated heterocycles. The van der Waals surface area contributed by atoms with Crippen LogP contribution in [0.25, 0.3) is 33.8 Å². The van der Waals surface area contributed by atoms with Crippen molar-refractivity contribution in [3.8, 4) is 45.9 Å². The zero-order chi connectivity index (χ0) is 29.3. The van der Waals surface area contributed by atoms with Crippen molar-refractivity contribution in [3.63, 3.8) is 0 Å². The van der Waals surface area contributed by atoms with Gasteiger partial charge in [-0.1, -0.05) is 48.5 Å². The lowest BCUT2D eigenvalue weighted by atomic mass is 9.96. The number of hydrogen-bond donors (Lipinski definition) is 1. The van der Waals surface area contributed by atoms with E-state index in [1.165, 1.54) is 41.1 Å². The van der Waals surface area contributed by atoms with E-state index in [2.05, 4.69) is 5.10 Å². The van der Waals surface area contributed by atoms with Crippen LogP contribution < -0.4 is 16.9 Å². The molecule has 200 valence electrons. The SMILES string of the molecule is N#Cc1c(-c2ccc(-n3nc(-c4ccccc4)ccc3=O)cc2)c(C#N)c(=O)n(-c2cccc(C(F)(F)F)c2)c1N. The van der Waals surface area contributed by atoms with Crippen LogP contribution in [0.15, 0.2) is 101 Å². The molecule has 0 aliphatic carbocycles. The number of hydrogen-bond acceptors (Lipinski definition) is 6. The predicted molar refractivity (Wildman–Crippen MR) is 145 cm³/mol. The quantitative estimate of drug-likeness (QED) is 0.333. The number of nitrogen functional groups attached to an aromatic ring is 1. The second kappa shape index (κ2) is 10.3. The standard InChI is InChI=1S/C30H17F3N6O2/c31-30(32,33)20-7-4-8-22(15-20)38-28(36)23(16-34)27(24(17-35)29(38)41)19-9-11-21(12-10-19)39-26(40)14-13-25(37-39)18-5-2-1-3-6-18/h1-15H,36H2. The molecule has 2 aromatic heterocycles. The van der Waals surface area contributed by atoms with E-state index in [-0.39, 0.29) is 22.4 Å². The van der Waals surface area contributed by atoms with E-state index in [1.54, 1.807) is 12.1 Å². The minimum atomic E-state index is -4.69. The second-order valence-corrected chi connectivity index (χ2v) is 8.80. The number of aromatic nitrogens is 3. The molecule has 0 aliphatic rings. The molecule has 2 N–H and O–H groups in total. The zero-order valence-electron chi connectivity index (χ0n) is 20.9. The summed E-state index contributed by atoms with van der Waals surface area (Å²) in [6, 6.07) is 25.7. The molecule has 0 saturated carbocycles. The first-order valence-corrected chi connectivity index (χ1v) is 12.0. The lowest BCUT2D eigenvalue weighted by Gasteiger charge is -2.17.